The molecule has 0 aliphatic carbocycles. The van der Waals surface area contributed by atoms with Crippen molar-refractivity contribution in [1.29, 1.82) is 0 Å². The maximum absolute atomic E-state index is 11.3. The second kappa shape index (κ2) is 5.38. The average molecular weight is 257 g/mol. The zero-order valence-corrected chi connectivity index (χ0v) is 9.67. The van der Waals surface area contributed by atoms with E-state index in [0.717, 1.165) is 18.2 Å². The lowest BCUT2D eigenvalue weighted by molar-refractivity contribution is 0.0961. The van der Waals surface area contributed by atoms with Gasteiger partial charge in [-0.2, -0.15) is 0 Å². The Hall–Kier alpha value is 0.630. The fraction of sp³-hybridized carbons (Fsp3) is 1.00. The first-order valence-electron chi connectivity index (χ1n) is 4.16. The summed E-state index contributed by atoms with van der Waals surface area (Å²) in [5.41, 5.74) is 0. The predicted molar refractivity (Wildman–Crippen MR) is 52.3 cm³/mol. The zero-order chi connectivity index (χ0) is 8.97. The summed E-state index contributed by atoms with van der Waals surface area (Å²) in [6, 6.07) is 0. The van der Waals surface area contributed by atoms with E-state index in [9.17, 15) is 4.57 Å². The average Bonchev–Trinajstić information content (AvgIpc) is 2.52. The van der Waals surface area contributed by atoms with Crippen molar-refractivity contribution in [3.05, 3.63) is 0 Å². The minimum absolute atomic E-state index is 0.141. The third-order valence-corrected chi connectivity index (χ3v) is 4.08. The van der Waals surface area contributed by atoms with E-state index < -0.39 is 8.03 Å². The molecular weight excluding hydrogens is 243 g/mol. The Morgan fingerprint density at radius 2 is 2.42 bits per heavy atom. The van der Waals surface area contributed by atoms with Gasteiger partial charge in [0.25, 0.3) is 0 Å². The van der Waals surface area contributed by atoms with Crippen molar-refractivity contribution in [1.82, 2.24) is 0 Å². The van der Waals surface area contributed by atoms with E-state index in [2.05, 4.69) is 15.9 Å². The van der Waals surface area contributed by atoms with Crippen molar-refractivity contribution in [2.45, 2.75) is 31.7 Å². The first-order chi connectivity index (χ1) is 5.77. The molecule has 1 unspecified atom stereocenters. The van der Waals surface area contributed by atoms with Crippen LogP contribution in [0.25, 0.3) is 0 Å². The van der Waals surface area contributed by atoms with Gasteiger partial charge in [-0.05, 0) is 19.8 Å². The normalized spacial score (nSPS) is 32.2. The van der Waals surface area contributed by atoms with Crippen LogP contribution in [0.2, 0.25) is 0 Å². The molecule has 3 atom stereocenters. The molecule has 0 bridgehead atoms. The SMILES string of the molecule is CCO[PH](=O)[C@@H]1CC[C@@H](CBr)O1. The van der Waals surface area contributed by atoms with Gasteiger partial charge in [-0.3, -0.25) is 4.57 Å². The smallest absolute Gasteiger partial charge is 0.219 e. The molecule has 12 heavy (non-hydrogen) atoms. The van der Waals surface area contributed by atoms with Gasteiger partial charge in [0.1, 0.15) is 5.85 Å². The Morgan fingerprint density at radius 1 is 1.67 bits per heavy atom. The lowest BCUT2D eigenvalue weighted by atomic mass is 10.3. The van der Waals surface area contributed by atoms with Crippen molar-refractivity contribution in [2.24, 2.45) is 0 Å². The van der Waals surface area contributed by atoms with Crippen LogP contribution in [0.15, 0.2) is 0 Å². The lowest BCUT2D eigenvalue weighted by Gasteiger charge is -2.10. The van der Waals surface area contributed by atoms with Gasteiger partial charge >= 0.3 is 0 Å². The van der Waals surface area contributed by atoms with Gasteiger partial charge in [0, 0.05) is 5.33 Å². The van der Waals surface area contributed by atoms with Gasteiger partial charge < -0.3 is 9.26 Å². The van der Waals surface area contributed by atoms with Crippen LogP contribution in [0.1, 0.15) is 19.8 Å². The summed E-state index contributed by atoms with van der Waals surface area (Å²) in [4.78, 5) is 0. The molecule has 0 aromatic carbocycles. The summed E-state index contributed by atoms with van der Waals surface area (Å²) in [5.74, 6) is -0.141. The molecule has 3 nitrogen and oxygen atoms in total. The van der Waals surface area contributed by atoms with E-state index in [0.29, 0.717) is 6.61 Å². The fourth-order valence-corrected chi connectivity index (χ4v) is 2.88. The molecule has 0 radical (unpaired) electrons. The first-order valence-corrected chi connectivity index (χ1v) is 6.67. The molecule has 1 heterocycles. The molecule has 1 aliphatic rings. The number of alkyl halides is 1. The molecule has 1 saturated heterocycles. The van der Waals surface area contributed by atoms with Crippen LogP contribution in [0, 0.1) is 0 Å². The summed E-state index contributed by atoms with van der Waals surface area (Å²) in [7, 11) is -1.95. The fourth-order valence-electron chi connectivity index (χ4n) is 1.23. The highest BCUT2D eigenvalue weighted by atomic mass is 79.9. The number of hydrogen-bond acceptors (Lipinski definition) is 3. The molecule has 72 valence electrons. The Labute approximate surface area is 81.8 Å². The Morgan fingerprint density at radius 3 is 2.92 bits per heavy atom. The highest BCUT2D eigenvalue weighted by Crippen LogP contribution is 2.39. The standard InChI is InChI=1S/C7H14BrO3P/c1-2-10-12(9)7-4-3-6(5-8)11-7/h6-7,12H,2-5H2,1H3/t6-,7+/m0/s1. The first kappa shape index (κ1) is 10.7. The molecule has 1 rings (SSSR count). The van der Waals surface area contributed by atoms with Crippen molar-refractivity contribution < 1.29 is 13.8 Å². The van der Waals surface area contributed by atoms with Crippen molar-refractivity contribution in [2.75, 3.05) is 11.9 Å². The van der Waals surface area contributed by atoms with Crippen LogP contribution in [0.3, 0.4) is 0 Å². The number of ether oxygens (including phenoxy) is 1. The zero-order valence-electron chi connectivity index (χ0n) is 7.09. The molecule has 0 aromatic heterocycles. The maximum Gasteiger partial charge on any atom is 0.219 e. The third-order valence-electron chi connectivity index (χ3n) is 1.83. The molecule has 0 spiro atoms. The molecule has 5 heteroatoms. The van der Waals surface area contributed by atoms with E-state index >= 15 is 0 Å². The summed E-state index contributed by atoms with van der Waals surface area (Å²) in [6.07, 6.45) is 2.08. The van der Waals surface area contributed by atoms with E-state index in [1.807, 2.05) is 6.92 Å². The van der Waals surface area contributed by atoms with Crippen molar-refractivity contribution >= 4 is 24.0 Å². The Balaban J connectivity index is 2.31. The molecule has 0 saturated carbocycles. The minimum Gasteiger partial charge on any atom is -0.364 e. The second-order valence-electron chi connectivity index (χ2n) is 2.73. The highest BCUT2D eigenvalue weighted by Gasteiger charge is 2.28. The van der Waals surface area contributed by atoms with E-state index in [-0.39, 0.29) is 11.9 Å². The Bertz CT molecular complexity index is 165. The van der Waals surface area contributed by atoms with Crippen LogP contribution >= 0.6 is 24.0 Å². The van der Waals surface area contributed by atoms with Crippen molar-refractivity contribution in [3.63, 3.8) is 0 Å². The minimum atomic E-state index is -1.95. The van der Waals surface area contributed by atoms with Gasteiger partial charge in [-0.1, -0.05) is 15.9 Å². The van der Waals surface area contributed by atoms with Crippen LogP contribution in [0.5, 0.6) is 0 Å². The number of rotatable bonds is 4. The van der Waals surface area contributed by atoms with Crippen LogP contribution in [-0.2, 0) is 13.8 Å². The van der Waals surface area contributed by atoms with E-state index in [1.54, 1.807) is 0 Å². The van der Waals surface area contributed by atoms with Gasteiger partial charge in [-0.15, -0.1) is 0 Å². The molecular formula is C7H14BrO3P. The van der Waals surface area contributed by atoms with Crippen molar-refractivity contribution in [3.8, 4) is 0 Å². The molecule has 1 aliphatic heterocycles. The van der Waals surface area contributed by atoms with Gasteiger partial charge in [0.15, 0.2) is 0 Å². The van der Waals surface area contributed by atoms with E-state index in [1.165, 1.54) is 0 Å². The van der Waals surface area contributed by atoms with Crippen LogP contribution in [-0.4, -0.2) is 23.9 Å². The predicted octanol–water partition coefficient (Wildman–Crippen LogP) is 2.40. The molecule has 1 fully saturated rings. The van der Waals surface area contributed by atoms with Crippen LogP contribution < -0.4 is 0 Å². The van der Waals surface area contributed by atoms with Crippen LogP contribution in [0.4, 0.5) is 0 Å². The maximum atomic E-state index is 11.3. The summed E-state index contributed by atoms with van der Waals surface area (Å²) in [5, 5.41) is 0.824. The number of halogens is 1. The molecule has 0 N–H and O–H groups in total. The van der Waals surface area contributed by atoms with E-state index in [4.69, 9.17) is 9.26 Å². The quantitative estimate of drug-likeness (QED) is 0.573. The topological polar surface area (TPSA) is 35.5 Å². The van der Waals surface area contributed by atoms with Gasteiger partial charge in [0.2, 0.25) is 8.03 Å². The summed E-state index contributed by atoms with van der Waals surface area (Å²) in [6.45, 7) is 2.36. The largest absolute Gasteiger partial charge is 0.364 e. The number of hydrogen-bond donors (Lipinski definition) is 0. The molecule has 0 amide bonds. The second-order valence-corrected chi connectivity index (χ2v) is 4.95. The Kier molecular flexibility index (Phi) is 4.80. The summed E-state index contributed by atoms with van der Waals surface area (Å²) < 4.78 is 21.8. The lowest BCUT2D eigenvalue weighted by Crippen LogP contribution is -2.09. The summed E-state index contributed by atoms with van der Waals surface area (Å²) >= 11 is 3.34. The van der Waals surface area contributed by atoms with Gasteiger partial charge in [-0.25, -0.2) is 0 Å². The molecule has 0 aromatic rings. The third kappa shape index (κ3) is 2.84. The van der Waals surface area contributed by atoms with Gasteiger partial charge in [0.05, 0.1) is 12.7 Å². The highest BCUT2D eigenvalue weighted by molar-refractivity contribution is 9.09. The monoisotopic (exact) mass is 256 g/mol.